The van der Waals surface area contributed by atoms with Crippen molar-refractivity contribution in [2.75, 3.05) is 20.2 Å². The van der Waals surface area contributed by atoms with Gasteiger partial charge in [0, 0.05) is 31.1 Å². The molecule has 3 aromatic rings. The molecule has 7 heteroatoms. The van der Waals surface area contributed by atoms with Crippen LogP contribution in [0.5, 0.6) is 5.75 Å². The molecule has 0 bridgehead atoms. The minimum atomic E-state index is -0.0308. The highest BCUT2D eigenvalue weighted by Gasteiger charge is 2.27. The van der Waals surface area contributed by atoms with Crippen LogP contribution < -0.4 is 10.1 Å². The molecule has 29 heavy (non-hydrogen) atoms. The highest BCUT2D eigenvalue weighted by atomic mass is 16.5. The highest BCUT2D eigenvalue weighted by Crippen LogP contribution is 2.29. The molecular formula is C22H24N4O3. The first-order valence-electron chi connectivity index (χ1n) is 9.77. The van der Waals surface area contributed by atoms with Crippen molar-refractivity contribution in [3.05, 3.63) is 66.1 Å². The van der Waals surface area contributed by atoms with Crippen LogP contribution in [0.25, 0.3) is 11.4 Å². The average Bonchev–Trinajstić information content (AvgIpc) is 3.29. The number of ether oxygens (including phenoxy) is 1. The number of likely N-dealkylation sites (tertiary alicyclic amines) is 1. The summed E-state index contributed by atoms with van der Waals surface area (Å²) in [5.74, 6) is 2.17. The van der Waals surface area contributed by atoms with Crippen molar-refractivity contribution in [1.29, 1.82) is 0 Å². The van der Waals surface area contributed by atoms with Crippen molar-refractivity contribution < 1.29 is 14.1 Å². The Balaban J connectivity index is 1.30. The molecule has 7 nitrogen and oxygen atoms in total. The maximum absolute atomic E-state index is 12.4. The number of nitrogens with one attached hydrogen (secondary N) is 1. The molecule has 2 amide bonds. The zero-order chi connectivity index (χ0) is 20.1. The number of amides is 2. The summed E-state index contributed by atoms with van der Waals surface area (Å²) in [6, 6.07) is 17.4. The molecule has 0 aliphatic carbocycles. The first kappa shape index (κ1) is 19.0. The van der Waals surface area contributed by atoms with Gasteiger partial charge in [-0.25, -0.2) is 4.79 Å². The third-order valence-corrected chi connectivity index (χ3v) is 5.21. The van der Waals surface area contributed by atoms with Gasteiger partial charge in [-0.05, 0) is 42.7 Å². The Morgan fingerprint density at radius 3 is 2.55 bits per heavy atom. The molecule has 4 rings (SSSR count). The molecular weight excluding hydrogens is 368 g/mol. The summed E-state index contributed by atoms with van der Waals surface area (Å²) < 4.78 is 10.7. The normalized spacial score (nSPS) is 14.6. The van der Waals surface area contributed by atoms with Crippen LogP contribution in [0, 0.1) is 0 Å². The van der Waals surface area contributed by atoms with Gasteiger partial charge < -0.3 is 19.5 Å². The van der Waals surface area contributed by atoms with Crippen LogP contribution >= 0.6 is 0 Å². The molecule has 0 atom stereocenters. The lowest BCUT2D eigenvalue weighted by atomic mass is 9.97. The fourth-order valence-corrected chi connectivity index (χ4v) is 3.47. The molecule has 1 aliphatic heterocycles. The first-order chi connectivity index (χ1) is 14.2. The van der Waals surface area contributed by atoms with E-state index in [4.69, 9.17) is 9.26 Å². The van der Waals surface area contributed by atoms with Crippen molar-refractivity contribution in [3.8, 4) is 17.1 Å². The molecule has 0 spiro atoms. The first-order valence-corrected chi connectivity index (χ1v) is 9.77. The molecule has 1 aromatic heterocycles. The lowest BCUT2D eigenvalue weighted by Crippen LogP contribution is -2.43. The van der Waals surface area contributed by atoms with Gasteiger partial charge in [-0.15, -0.1) is 0 Å². The summed E-state index contributed by atoms with van der Waals surface area (Å²) in [6.45, 7) is 1.88. The number of carbonyl (C=O) groups is 1. The fraction of sp³-hybridized carbons (Fsp3) is 0.318. The van der Waals surface area contributed by atoms with E-state index in [1.165, 1.54) is 0 Å². The van der Waals surface area contributed by atoms with Gasteiger partial charge in [0.05, 0.1) is 7.11 Å². The van der Waals surface area contributed by atoms with Crippen LogP contribution in [0.2, 0.25) is 0 Å². The largest absolute Gasteiger partial charge is 0.497 e. The molecule has 150 valence electrons. The quantitative estimate of drug-likeness (QED) is 0.714. The number of aromatic nitrogens is 2. The third kappa shape index (κ3) is 4.56. The molecule has 1 N–H and O–H groups in total. The smallest absolute Gasteiger partial charge is 0.317 e. The van der Waals surface area contributed by atoms with Gasteiger partial charge in [0.15, 0.2) is 0 Å². The fourth-order valence-electron chi connectivity index (χ4n) is 3.47. The van der Waals surface area contributed by atoms with E-state index >= 15 is 0 Å². The molecule has 1 aliphatic rings. The highest BCUT2D eigenvalue weighted by molar-refractivity contribution is 5.74. The second-order valence-electron chi connectivity index (χ2n) is 7.09. The standard InChI is InChI=1S/C22H24N4O3/c1-28-19-9-7-17(8-10-19)20-24-21(29-25-20)18-11-13-26(14-12-18)22(27)23-15-16-5-3-2-4-6-16/h2-10,18H,11-15H2,1H3,(H,23,27). The van der Waals surface area contributed by atoms with E-state index in [9.17, 15) is 4.79 Å². The van der Waals surface area contributed by atoms with Crippen LogP contribution in [0.15, 0.2) is 59.1 Å². The van der Waals surface area contributed by atoms with Gasteiger partial charge in [-0.2, -0.15) is 4.98 Å². The van der Waals surface area contributed by atoms with Crippen LogP contribution in [0.3, 0.4) is 0 Å². The Kier molecular flexibility index (Phi) is 5.74. The van der Waals surface area contributed by atoms with Crippen molar-refractivity contribution in [1.82, 2.24) is 20.4 Å². The van der Waals surface area contributed by atoms with Crippen molar-refractivity contribution in [2.24, 2.45) is 0 Å². The lowest BCUT2D eigenvalue weighted by molar-refractivity contribution is 0.175. The zero-order valence-corrected chi connectivity index (χ0v) is 16.4. The van der Waals surface area contributed by atoms with Gasteiger partial charge in [-0.3, -0.25) is 0 Å². The van der Waals surface area contributed by atoms with E-state index in [1.54, 1.807) is 7.11 Å². The number of hydrogen-bond acceptors (Lipinski definition) is 5. The summed E-state index contributed by atoms with van der Waals surface area (Å²) in [6.07, 6.45) is 1.62. The van der Waals surface area contributed by atoms with Gasteiger partial charge in [0.2, 0.25) is 11.7 Å². The molecule has 1 saturated heterocycles. The SMILES string of the molecule is COc1ccc(-c2noc(C3CCN(C(=O)NCc4ccccc4)CC3)n2)cc1. The van der Waals surface area contributed by atoms with E-state index in [1.807, 2.05) is 59.5 Å². The number of rotatable bonds is 5. The predicted octanol–water partition coefficient (Wildman–Crippen LogP) is 3.83. The van der Waals surface area contributed by atoms with E-state index in [0.717, 1.165) is 29.7 Å². The monoisotopic (exact) mass is 392 g/mol. The predicted molar refractivity (Wildman–Crippen MR) is 109 cm³/mol. The van der Waals surface area contributed by atoms with Gasteiger partial charge in [-0.1, -0.05) is 35.5 Å². The second kappa shape index (κ2) is 8.77. The van der Waals surface area contributed by atoms with Crippen LogP contribution in [0.4, 0.5) is 4.79 Å². The van der Waals surface area contributed by atoms with E-state index in [2.05, 4.69) is 15.5 Å². The Morgan fingerprint density at radius 2 is 1.86 bits per heavy atom. The maximum atomic E-state index is 12.4. The van der Waals surface area contributed by atoms with Crippen molar-refractivity contribution in [2.45, 2.75) is 25.3 Å². The number of carbonyl (C=O) groups excluding carboxylic acids is 1. The second-order valence-corrected chi connectivity index (χ2v) is 7.09. The molecule has 2 heterocycles. The summed E-state index contributed by atoms with van der Waals surface area (Å²) in [5.41, 5.74) is 1.98. The van der Waals surface area contributed by atoms with Gasteiger partial charge >= 0.3 is 6.03 Å². The van der Waals surface area contributed by atoms with E-state index in [0.29, 0.717) is 31.3 Å². The summed E-state index contributed by atoms with van der Waals surface area (Å²) >= 11 is 0. The number of urea groups is 1. The van der Waals surface area contributed by atoms with Crippen molar-refractivity contribution in [3.63, 3.8) is 0 Å². The summed E-state index contributed by atoms with van der Waals surface area (Å²) in [7, 11) is 1.63. The summed E-state index contributed by atoms with van der Waals surface area (Å²) in [4.78, 5) is 18.8. The molecule has 0 saturated carbocycles. The Labute approximate surface area is 169 Å². The Bertz CT molecular complexity index is 932. The number of hydrogen-bond donors (Lipinski definition) is 1. The van der Waals surface area contributed by atoms with Crippen LogP contribution in [-0.4, -0.2) is 41.3 Å². The number of methoxy groups -OCH3 is 1. The Hall–Kier alpha value is -3.35. The molecule has 2 aromatic carbocycles. The van der Waals surface area contributed by atoms with Gasteiger partial charge in [0.1, 0.15) is 5.75 Å². The molecule has 0 radical (unpaired) electrons. The number of nitrogens with zero attached hydrogens (tertiary/aromatic N) is 3. The molecule has 1 fully saturated rings. The van der Waals surface area contributed by atoms with Crippen LogP contribution in [-0.2, 0) is 6.54 Å². The van der Waals surface area contributed by atoms with Gasteiger partial charge in [0.25, 0.3) is 0 Å². The third-order valence-electron chi connectivity index (χ3n) is 5.21. The zero-order valence-electron chi connectivity index (χ0n) is 16.4. The van der Waals surface area contributed by atoms with Crippen LogP contribution in [0.1, 0.15) is 30.2 Å². The van der Waals surface area contributed by atoms with Crippen molar-refractivity contribution >= 4 is 6.03 Å². The minimum Gasteiger partial charge on any atom is -0.497 e. The topological polar surface area (TPSA) is 80.5 Å². The average molecular weight is 392 g/mol. The lowest BCUT2D eigenvalue weighted by Gasteiger charge is -2.30. The Morgan fingerprint density at radius 1 is 1.14 bits per heavy atom. The minimum absolute atomic E-state index is 0.0308. The summed E-state index contributed by atoms with van der Waals surface area (Å²) in [5, 5.41) is 7.10. The maximum Gasteiger partial charge on any atom is 0.317 e. The number of piperidine rings is 1. The molecule has 0 unspecified atom stereocenters. The number of benzene rings is 2. The van der Waals surface area contributed by atoms with E-state index in [-0.39, 0.29) is 11.9 Å². The van der Waals surface area contributed by atoms with E-state index < -0.39 is 0 Å².